The third-order valence-electron chi connectivity index (χ3n) is 3.31. The summed E-state index contributed by atoms with van der Waals surface area (Å²) in [6.45, 7) is 7.05. The lowest BCUT2D eigenvalue weighted by Gasteiger charge is -2.33. The SMILES string of the molecule is CC(C)(C)OC(=O)N1CCC(c2cc(Cl)ccn2)CC1. The van der Waals surface area contributed by atoms with Crippen molar-refractivity contribution in [1.29, 1.82) is 0 Å². The zero-order valence-corrected chi connectivity index (χ0v) is 13.0. The van der Waals surface area contributed by atoms with Crippen LogP contribution in [0, 0.1) is 0 Å². The Morgan fingerprint density at radius 1 is 1.40 bits per heavy atom. The lowest BCUT2D eigenvalue weighted by molar-refractivity contribution is 0.0204. The molecule has 1 aliphatic rings. The molecule has 1 fully saturated rings. The van der Waals surface area contributed by atoms with Gasteiger partial charge in [-0.25, -0.2) is 4.79 Å². The van der Waals surface area contributed by atoms with E-state index in [-0.39, 0.29) is 6.09 Å². The maximum atomic E-state index is 12.0. The van der Waals surface area contributed by atoms with Gasteiger partial charge in [-0.05, 0) is 45.7 Å². The molecule has 1 aliphatic heterocycles. The monoisotopic (exact) mass is 296 g/mol. The van der Waals surface area contributed by atoms with Gasteiger partial charge in [0.2, 0.25) is 0 Å². The summed E-state index contributed by atoms with van der Waals surface area (Å²) in [6.07, 6.45) is 3.30. The van der Waals surface area contributed by atoms with E-state index in [1.54, 1.807) is 17.2 Å². The first-order chi connectivity index (χ1) is 9.35. The Bertz CT molecular complexity index is 477. The number of carbonyl (C=O) groups is 1. The topological polar surface area (TPSA) is 42.4 Å². The summed E-state index contributed by atoms with van der Waals surface area (Å²) in [4.78, 5) is 18.1. The Morgan fingerprint density at radius 2 is 2.05 bits per heavy atom. The number of nitrogens with zero attached hydrogens (tertiary/aromatic N) is 2. The van der Waals surface area contributed by atoms with Gasteiger partial charge in [-0.1, -0.05) is 11.6 Å². The molecular formula is C15H21ClN2O2. The summed E-state index contributed by atoms with van der Waals surface area (Å²) in [7, 11) is 0. The van der Waals surface area contributed by atoms with Gasteiger partial charge >= 0.3 is 6.09 Å². The zero-order valence-electron chi connectivity index (χ0n) is 12.2. The van der Waals surface area contributed by atoms with E-state index in [9.17, 15) is 4.79 Å². The Morgan fingerprint density at radius 3 is 2.60 bits per heavy atom. The Labute approximate surface area is 125 Å². The minimum absolute atomic E-state index is 0.227. The second kappa shape index (κ2) is 6.00. The molecule has 0 N–H and O–H groups in total. The van der Waals surface area contributed by atoms with E-state index in [2.05, 4.69) is 4.98 Å². The highest BCUT2D eigenvalue weighted by Crippen LogP contribution is 2.28. The van der Waals surface area contributed by atoms with E-state index in [1.807, 2.05) is 26.8 Å². The van der Waals surface area contributed by atoms with Gasteiger partial charge in [0, 0.05) is 35.9 Å². The number of pyridine rings is 1. The normalized spacial score (nSPS) is 17.1. The third kappa shape index (κ3) is 4.10. The second-order valence-corrected chi connectivity index (χ2v) is 6.58. The van der Waals surface area contributed by atoms with E-state index < -0.39 is 5.60 Å². The number of likely N-dealkylation sites (tertiary alicyclic amines) is 1. The fourth-order valence-corrected chi connectivity index (χ4v) is 2.50. The van der Waals surface area contributed by atoms with E-state index in [4.69, 9.17) is 16.3 Å². The largest absolute Gasteiger partial charge is 0.444 e. The quantitative estimate of drug-likeness (QED) is 0.790. The Kier molecular flexibility index (Phi) is 4.53. The van der Waals surface area contributed by atoms with Crippen LogP contribution < -0.4 is 0 Å². The molecule has 0 unspecified atom stereocenters. The maximum Gasteiger partial charge on any atom is 0.410 e. The van der Waals surface area contributed by atoms with Crippen molar-refractivity contribution in [2.45, 2.75) is 45.1 Å². The molecule has 5 heteroatoms. The molecule has 1 saturated heterocycles. The second-order valence-electron chi connectivity index (χ2n) is 6.14. The standard InChI is InChI=1S/C15H21ClN2O2/c1-15(2,3)20-14(19)18-8-5-11(6-9-18)13-10-12(16)4-7-17-13/h4,7,10-11H,5-6,8-9H2,1-3H3. The van der Waals surface area contributed by atoms with E-state index in [0.29, 0.717) is 24.0 Å². The molecule has 110 valence electrons. The highest BCUT2D eigenvalue weighted by Gasteiger charge is 2.27. The number of amides is 1. The van der Waals surface area contributed by atoms with Gasteiger partial charge < -0.3 is 9.64 Å². The summed E-state index contributed by atoms with van der Waals surface area (Å²) >= 11 is 5.99. The fraction of sp³-hybridized carbons (Fsp3) is 0.600. The summed E-state index contributed by atoms with van der Waals surface area (Å²) in [5, 5.41) is 0.713. The molecular weight excluding hydrogens is 276 g/mol. The van der Waals surface area contributed by atoms with Crippen LogP contribution >= 0.6 is 11.6 Å². The number of rotatable bonds is 1. The molecule has 4 nitrogen and oxygen atoms in total. The minimum atomic E-state index is -0.442. The molecule has 1 aromatic heterocycles. The number of hydrogen-bond acceptors (Lipinski definition) is 3. The maximum absolute atomic E-state index is 12.0. The third-order valence-corrected chi connectivity index (χ3v) is 3.54. The minimum Gasteiger partial charge on any atom is -0.444 e. The van der Waals surface area contributed by atoms with Crippen molar-refractivity contribution in [2.24, 2.45) is 0 Å². The number of carbonyl (C=O) groups excluding carboxylic acids is 1. The number of halogens is 1. The Balaban J connectivity index is 1.91. The van der Waals surface area contributed by atoms with Gasteiger partial charge in [-0.3, -0.25) is 4.98 Å². The van der Waals surface area contributed by atoms with Crippen LogP contribution in [0.4, 0.5) is 4.79 Å². The molecule has 0 aliphatic carbocycles. The lowest BCUT2D eigenvalue weighted by atomic mass is 9.93. The number of aromatic nitrogens is 1. The van der Waals surface area contributed by atoms with Gasteiger partial charge in [0.05, 0.1) is 0 Å². The average molecular weight is 297 g/mol. The van der Waals surface area contributed by atoms with Crippen LogP contribution in [0.1, 0.15) is 45.2 Å². The van der Waals surface area contributed by atoms with Crippen LogP contribution in [0.5, 0.6) is 0 Å². The lowest BCUT2D eigenvalue weighted by Crippen LogP contribution is -2.41. The van der Waals surface area contributed by atoms with Crippen molar-refractivity contribution in [1.82, 2.24) is 9.88 Å². The number of piperidine rings is 1. The van der Waals surface area contributed by atoms with Gasteiger partial charge in [0.1, 0.15) is 5.60 Å². The molecule has 0 radical (unpaired) electrons. The van der Waals surface area contributed by atoms with E-state index in [0.717, 1.165) is 18.5 Å². The van der Waals surface area contributed by atoms with Crippen molar-refractivity contribution in [3.05, 3.63) is 29.0 Å². The predicted molar refractivity (Wildman–Crippen MR) is 79.0 cm³/mol. The highest BCUT2D eigenvalue weighted by molar-refractivity contribution is 6.30. The number of hydrogen-bond donors (Lipinski definition) is 0. The van der Waals surface area contributed by atoms with Gasteiger partial charge in [-0.15, -0.1) is 0 Å². The molecule has 0 atom stereocenters. The van der Waals surface area contributed by atoms with Crippen molar-refractivity contribution < 1.29 is 9.53 Å². The molecule has 0 spiro atoms. The van der Waals surface area contributed by atoms with Crippen LogP contribution in [-0.2, 0) is 4.74 Å². The van der Waals surface area contributed by atoms with Crippen molar-refractivity contribution in [2.75, 3.05) is 13.1 Å². The number of ether oxygens (including phenoxy) is 1. The van der Waals surface area contributed by atoms with E-state index >= 15 is 0 Å². The van der Waals surface area contributed by atoms with Gasteiger partial charge in [-0.2, -0.15) is 0 Å². The predicted octanol–water partition coefficient (Wildman–Crippen LogP) is 3.85. The molecule has 0 bridgehead atoms. The molecule has 20 heavy (non-hydrogen) atoms. The molecule has 1 aromatic rings. The summed E-state index contributed by atoms with van der Waals surface area (Å²) in [5.74, 6) is 0.368. The Hall–Kier alpha value is -1.29. The first-order valence-electron chi connectivity index (χ1n) is 6.94. The van der Waals surface area contributed by atoms with Gasteiger partial charge in [0.15, 0.2) is 0 Å². The zero-order chi connectivity index (χ0) is 14.8. The first kappa shape index (κ1) is 15.1. The summed E-state index contributed by atoms with van der Waals surface area (Å²) < 4.78 is 5.39. The van der Waals surface area contributed by atoms with E-state index in [1.165, 1.54) is 0 Å². The average Bonchev–Trinajstić information content (AvgIpc) is 2.37. The first-order valence-corrected chi connectivity index (χ1v) is 7.32. The van der Waals surface area contributed by atoms with Crippen LogP contribution in [-0.4, -0.2) is 34.7 Å². The smallest absolute Gasteiger partial charge is 0.410 e. The molecule has 0 aromatic carbocycles. The molecule has 2 heterocycles. The molecule has 2 rings (SSSR count). The highest BCUT2D eigenvalue weighted by atomic mass is 35.5. The summed E-state index contributed by atoms with van der Waals surface area (Å²) in [5.41, 5.74) is 0.573. The van der Waals surface area contributed by atoms with Crippen molar-refractivity contribution >= 4 is 17.7 Å². The molecule has 1 amide bonds. The van der Waals surface area contributed by atoms with Crippen LogP contribution in [0.3, 0.4) is 0 Å². The van der Waals surface area contributed by atoms with Crippen LogP contribution in [0.2, 0.25) is 5.02 Å². The molecule has 0 saturated carbocycles. The van der Waals surface area contributed by atoms with Crippen molar-refractivity contribution in [3.8, 4) is 0 Å². The summed E-state index contributed by atoms with van der Waals surface area (Å²) in [6, 6.07) is 3.69. The van der Waals surface area contributed by atoms with Crippen LogP contribution in [0.25, 0.3) is 0 Å². The van der Waals surface area contributed by atoms with Crippen LogP contribution in [0.15, 0.2) is 18.3 Å². The van der Waals surface area contributed by atoms with Gasteiger partial charge in [0.25, 0.3) is 0 Å². The fourth-order valence-electron chi connectivity index (χ4n) is 2.33. The van der Waals surface area contributed by atoms with Crippen molar-refractivity contribution in [3.63, 3.8) is 0 Å².